The minimum Gasteiger partial charge on any atom is -0.399 e. The van der Waals surface area contributed by atoms with E-state index in [4.69, 9.17) is 28.9 Å². The van der Waals surface area contributed by atoms with Crippen LogP contribution in [0.2, 0.25) is 10.0 Å². The molecule has 27 heavy (non-hydrogen) atoms. The number of imidazole rings is 1. The van der Waals surface area contributed by atoms with Gasteiger partial charge in [-0.1, -0.05) is 23.2 Å². The lowest BCUT2D eigenvalue weighted by Crippen LogP contribution is -2.11. The SMILES string of the molecule is Nc1ccc2nc(-c3ccc(NC(=O)c4cc(Cl)cc(Cl)c4)cc3)[nH]c2c1. The fraction of sp³-hybridized carbons (Fsp3) is 0. The van der Waals surface area contributed by atoms with Gasteiger partial charge in [0.15, 0.2) is 0 Å². The Morgan fingerprint density at radius 3 is 2.37 bits per heavy atom. The van der Waals surface area contributed by atoms with Crippen LogP contribution in [0.3, 0.4) is 0 Å². The first-order chi connectivity index (χ1) is 13.0. The molecule has 0 spiro atoms. The van der Waals surface area contributed by atoms with Crippen molar-refractivity contribution in [2.24, 2.45) is 0 Å². The normalized spacial score (nSPS) is 10.9. The molecular formula is C20H14Cl2N4O. The molecule has 3 aromatic carbocycles. The maximum atomic E-state index is 12.4. The van der Waals surface area contributed by atoms with Gasteiger partial charge in [0, 0.05) is 32.5 Å². The van der Waals surface area contributed by atoms with Crippen LogP contribution in [-0.2, 0) is 0 Å². The monoisotopic (exact) mass is 396 g/mol. The number of benzene rings is 3. The second kappa shape index (κ2) is 6.95. The van der Waals surface area contributed by atoms with E-state index in [0.29, 0.717) is 27.0 Å². The molecule has 1 amide bonds. The van der Waals surface area contributed by atoms with Crippen LogP contribution in [0.15, 0.2) is 60.7 Å². The van der Waals surface area contributed by atoms with Crippen LogP contribution in [0.25, 0.3) is 22.4 Å². The molecule has 0 unspecified atom stereocenters. The third-order valence-electron chi connectivity index (χ3n) is 4.05. The maximum absolute atomic E-state index is 12.4. The van der Waals surface area contributed by atoms with Crippen molar-refractivity contribution in [3.05, 3.63) is 76.3 Å². The molecule has 4 rings (SSSR count). The smallest absolute Gasteiger partial charge is 0.255 e. The summed E-state index contributed by atoms with van der Waals surface area (Å²) in [5.41, 5.74) is 10.1. The molecule has 0 atom stereocenters. The summed E-state index contributed by atoms with van der Waals surface area (Å²) in [6.07, 6.45) is 0. The van der Waals surface area contributed by atoms with Crippen molar-refractivity contribution in [2.75, 3.05) is 11.1 Å². The molecule has 0 bridgehead atoms. The molecule has 1 aromatic heterocycles. The van der Waals surface area contributed by atoms with E-state index >= 15 is 0 Å². The largest absolute Gasteiger partial charge is 0.399 e. The van der Waals surface area contributed by atoms with E-state index in [1.807, 2.05) is 30.3 Å². The van der Waals surface area contributed by atoms with Crippen LogP contribution in [-0.4, -0.2) is 15.9 Å². The Kier molecular flexibility index (Phi) is 4.48. The number of anilines is 2. The van der Waals surface area contributed by atoms with Gasteiger partial charge in [0.05, 0.1) is 11.0 Å². The minimum atomic E-state index is -0.286. The Balaban J connectivity index is 1.55. The number of H-pyrrole nitrogens is 1. The van der Waals surface area contributed by atoms with Gasteiger partial charge in [-0.25, -0.2) is 4.98 Å². The number of nitrogens with zero attached hydrogens (tertiary/aromatic N) is 1. The molecule has 0 fully saturated rings. The average Bonchev–Trinajstić information content (AvgIpc) is 3.04. The summed E-state index contributed by atoms with van der Waals surface area (Å²) in [7, 11) is 0. The van der Waals surface area contributed by atoms with E-state index in [1.165, 1.54) is 0 Å². The van der Waals surface area contributed by atoms with E-state index in [-0.39, 0.29) is 5.91 Å². The first kappa shape index (κ1) is 17.4. The van der Waals surface area contributed by atoms with Gasteiger partial charge in [-0.2, -0.15) is 0 Å². The molecule has 0 aliphatic rings. The van der Waals surface area contributed by atoms with Crippen molar-refractivity contribution in [1.29, 1.82) is 0 Å². The highest BCUT2D eigenvalue weighted by molar-refractivity contribution is 6.35. The summed E-state index contributed by atoms with van der Waals surface area (Å²) in [4.78, 5) is 20.2. The number of rotatable bonds is 3. The number of aromatic nitrogens is 2. The average molecular weight is 397 g/mol. The maximum Gasteiger partial charge on any atom is 0.255 e. The van der Waals surface area contributed by atoms with Crippen molar-refractivity contribution < 1.29 is 4.79 Å². The number of nitrogens with two attached hydrogens (primary N) is 1. The molecule has 1 heterocycles. The molecule has 0 aliphatic heterocycles. The molecule has 4 N–H and O–H groups in total. The highest BCUT2D eigenvalue weighted by atomic mass is 35.5. The van der Waals surface area contributed by atoms with Crippen LogP contribution in [0, 0.1) is 0 Å². The van der Waals surface area contributed by atoms with E-state index in [1.54, 1.807) is 30.3 Å². The van der Waals surface area contributed by atoms with Crippen LogP contribution < -0.4 is 11.1 Å². The van der Waals surface area contributed by atoms with Crippen LogP contribution in [0.5, 0.6) is 0 Å². The lowest BCUT2D eigenvalue weighted by Gasteiger charge is -2.07. The Morgan fingerprint density at radius 2 is 1.67 bits per heavy atom. The predicted octanol–water partition coefficient (Wildman–Crippen LogP) is 5.37. The van der Waals surface area contributed by atoms with Crippen LogP contribution in [0.1, 0.15) is 10.4 Å². The zero-order valence-electron chi connectivity index (χ0n) is 14.0. The van der Waals surface area contributed by atoms with Crippen LogP contribution >= 0.6 is 23.2 Å². The summed E-state index contributed by atoms with van der Waals surface area (Å²) in [5, 5.41) is 3.64. The standard InChI is InChI=1S/C20H14Cl2N4O/c21-13-7-12(8-14(22)9-13)20(27)24-16-4-1-11(2-5-16)19-25-17-6-3-15(23)10-18(17)26-19/h1-10H,23H2,(H,24,27)(H,25,26). The third-order valence-corrected chi connectivity index (χ3v) is 4.48. The molecule has 0 saturated carbocycles. The fourth-order valence-electron chi connectivity index (χ4n) is 2.76. The van der Waals surface area contributed by atoms with E-state index < -0.39 is 0 Å². The highest BCUT2D eigenvalue weighted by Gasteiger charge is 2.10. The third kappa shape index (κ3) is 3.74. The number of carbonyl (C=O) groups excluding carboxylic acids is 1. The number of fused-ring (bicyclic) bond motifs is 1. The van der Waals surface area contributed by atoms with Crippen molar-refractivity contribution in [2.45, 2.75) is 0 Å². The van der Waals surface area contributed by atoms with E-state index in [2.05, 4.69) is 15.3 Å². The van der Waals surface area contributed by atoms with Crippen molar-refractivity contribution in [3.8, 4) is 11.4 Å². The number of amides is 1. The summed E-state index contributed by atoms with van der Waals surface area (Å²) in [6.45, 7) is 0. The van der Waals surface area contributed by atoms with Gasteiger partial charge in [-0.15, -0.1) is 0 Å². The van der Waals surface area contributed by atoms with Crippen molar-refractivity contribution >= 4 is 51.5 Å². The van der Waals surface area contributed by atoms with E-state index in [9.17, 15) is 4.79 Å². The number of hydrogen-bond donors (Lipinski definition) is 3. The zero-order chi connectivity index (χ0) is 19.0. The van der Waals surface area contributed by atoms with E-state index in [0.717, 1.165) is 22.4 Å². The molecular weight excluding hydrogens is 383 g/mol. The number of nitrogens with one attached hydrogen (secondary N) is 2. The minimum absolute atomic E-state index is 0.286. The molecule has 4 aromatic rings. The van der Waals surface area contributed by atoms with Gasteiger partial charge in [-0.05, 0) is 60.7 Å². The Hall–Kier alpha value is -3.02. The summed E-state index contributed by atoms with van der Waals surface area (Å²) >= 11 is 11.9. The van der Waals surface area contributed by atoms with Gasteiger partial charge >= 0.3 is 0 Å². The van der Waals surface area contributed by atoms with Crippen molar-refractivity contribution in [3.63, 3.8) is 0 Å². The Bertz CT molecular complexity index is 1130. The topological polar surface area (TPSA) is 83.8 Å². The van der Waals surface area contributed by atoms with Gasteiger partial charge in [-0.3, -0.25) is 4.79 Å². The second-order valence-corrected chi connectivity index (χ2v) is 6.92. The van der Waals surface area contributed by atoms with Gasteiger partial charge in [0.1, 0.15) is 5.82 Å². The van der Waals surface area contributed by atoms with Gasteiger partial charge in [0.25, 0.3) is 5.91 Å². The van der Waals surface area contributed by atoms with Gasteiger partial charge < -0.3 is 16.0 Å². The number of carbonyl (C=O) groups is 1. The molecule has 5 nitrogen and oxygen atoms in total. The highest BCUT2D eigenvalue weighted by Crippen LogP contribution is 2.24. The molecule has 0 radical (unpaired) electrons. The number of hydrogen-bond acceptors (Lipinski definition) is 3. The lowest BCUT2D eigenvalue weighted by atomic mass is 10.1. The Labute approximate surface area is 165 Å². The second-order valence-electron chi connectivity index (χ2n) is 6.05. The molecule has 0 aliphatic carbocycles. The first-order valence-electron chi connectivity index (χ1n) is 8.11. The summed E-state index contributed by atoms with van der Waals surface area (Å²) in [5.74, 6) is 0.446. The molecule has 134 valence electrons. The van der Waals surface area contributed by atoms with Crippen molar-refractivity contribution in [1.82, 2.24) is 9.97 Å². The molecule has 0 saturated heterocycles. The quantitative estimate of drug-likeness (QED) is 0.407. The summed E-state index contributed by atoms with van der Waals surface area (Å²) in [6, 6.07) is 17.6. The van der Waals surface area contributed by atoms with Crippen LogP contribution in [0.4, 0.5) is 11.4 Å². The fourth-order valence-corrected chi connectivity index (χ4v) is 3.29. The lowest BCUT2D eigenvalue weighted by molar-refractivity contribution is 0.102. The first-order valence-corrected chi connectivity index (χ1v) is 8.87. The predicted molar refractivity (Wildman–Crippen MR) is 110 cm³/mol. The number of halogens is 2. The number of aromatic amines is 1. The number of nitrogen functional groups attached to an aromatic ring is 1. The molecule has 7 heteroatoms. The summed E-state index contributed by atoms with van der Waals surface area (Å²) < 4.78 is 0. The Morgan fingerprint density at radius 1 is 0.963 bits per heavy atom. The van der Waals surface area contributed by atoms with Gasteiger partial charge in [0.2, 0.25) is 0 Å². The zero-order valence-corrected chi connectivity index (χ0v) is 15.5.